The molecule has 3 heteroatoms. The molecule has 0 aromatic heterocycles. The Morgan fingerprint density at radius 2 is 2.32 bits per heavy atom. The number of likely N-dealkylation sites (N-methyl/N-ethyl adjacent to an activating group) is 1. The fourth-order valence-electron chi connectivity index (χ4n) is 2.38. The van der Waals surface area contributed by atoms with Crippen molar-refractivity contribution in [3.63, 3.8) is 0 Å². The minimum atomic E-state index is 0.266. The van der Waals surface area contributed by atoms with Crippen LogP contribution < -0.4 is 14.8 Å². The molecular formula is C16H23NO2. The smallest absolute Gasteiger partial charge is 0.126 e. The molecule has 2 rings (SSSR count). The molecule has 0 fully saturated rings. The molecule has 0 radical (unpaired) electrons. The van der Waals surface area contributed by atoms with Gasteiger partial charge in [-0.25, -0.2) is 0 Å². The Balaban J connectivity index is 2.27. The van der Waals surface area contributed by atoms with Gasteiger partial charge in [0.15, 0.2) is 0 Å². The minimum absolute atomic E-state index is 0.266. The van der Waals surface area contributed by atoms with E-state index < -0.39 is 0 Å². The highest BCUT2D eigenvalue weighted by atomic mass is 16.5. The largest absolute Gasteiger partial charge is 0.496 e. The van der Waals surface area contributed by atoms with Crippen molar-refractivity contribution in [3.8, 4) is 11.5 Å². The zero-order valence-corrected chi connectivity index (χ0v) is 12.2. The second-order valence-corrected chi connectivity index (χ2v) is 5.11. The molecule has 0 aliphatic carbocycles. The average Bonchev–Trinajstić information content (AvgIpc) is 2.74. The lowest BCUT2D eigenvalue weighted by Gasteiger charge is -2.10. The summed E-state index contributed by atoms with van der Waals surface area (Å²) in [5.74, 6) is 1.92. The van der Waals surface area contributed by atoms with Gasteiger partial charge in [-0.1, -0.05) is 18.6 Å². The van der Waals surface area contributed by atoms with E-state index in [4.69, 9.17) is 9.47 Å². The predicted molar refractivity (Wildman–Crippen MR) is 79.0 cm³/mol. The molecule has 104 valence electrons. The van der Waals surface area contributed by atoms with Crippen molar-refractivity contribution >= 4 is 6.08 Å². The van der Waals surface area contributed by atoms with E-state index in [1.165, 1.54) is 11.1 Å². The summed E-state index contributed by atoms with van der Waals surface area (Å²) >= 11 is 0. The normalized spacial score (nSPS) is 18.1. The highest BCUT2D eigenvalue weighted by Crippen LogP contribution is 2.35. The maximum Gasteiger partial charge on any atom is 0.126 e. The molecule has 1 N–H and O–H groups in total. The summed E-state index contributed by atoms with van der Waals surface area (Å²) in [4.78, 5) is 0. The maximum absolute atomic E-state index is 5.81. The van der Waals surface area contributed by atoms with Crippen molar-refractivity contribution in [1.82, 2.24) is 5.32 Å². The highest BCUT2D eigenvalue weighted by molar-refractivity contribution is 5.64. The second-order valence-electron chi connectivity index (χ2n) is 5.11. The Morgan fingerprint density at radius 1 is 1.53 bits per heavy atom. The average molecular weight is 261 g/mol. The first-order valence-corrected chi connectivity index (χ1v) is 6.89. The van der Waals surface area contributed by atoms with Crippen molar-refractivity contribution in [2.75, 3.05) is 20.2 Å². The van der Waals surface area contributed by atoms with Crippen LogP contribution in [0.25, 0.3) is 6.08 Å². The van der Waals surface area contributed by atoms with Gasteiger partial charge in [-0.2, -0.15) is 0 Å². The van der Waals surface area contributed by atoms with E-state index in [1.54, 1.807) is 7.11 Å². The standard InChI is InChI=1S/C16H23NO2/c1-5-17-10-11(2)6-13-9-16-14(7-12(3)19-16)8-15(13)18-4/h6,8-9,12,17H,5,7,10H2,1-4H3/b11-6+. The Morgan fingerprint density at radius 3 is 3.00 bits per heavy atom. The zero-order chi connectivity index (χ0) is 13.8. The highest BCUT2D eigenvalue weighted by Gasteiger charge is 2.21. The number of methoxy groups -OCH3 is 1. The third-order valence-electron chi connectivity index (χ3n) is 3.30. The molecule has 1 unspecified atom stereocenters. The van der Waals surface area contributed by atoms with Gasteiger partial charge in [0, 0.05) is 24.1 Å². The van der Waals surface area contributed by atoms with Crippen molar-refractivity contribution in [1.29, 1.82) is 0 Å². The number of fused-ring (bicyclic) bond motifs is 1. The van der Waals surface area contributed by atoms with Crippen molar-refractivity contribution in [2.45, 2.75) is 33.3 Å². The van der Waals surface area contributed by atoms with Crippen LogP contribution in [0.5, 0.6) is 11.5 Å². The molecule has 0 saturated carbocycles. The first-order chi connectivity index (χ1) is 9.13. The molecule has 1 heterocycles. The van der Waals surface area contributed by atoms with Crippen LogP contribution in [0.15, 0.2) is 17.7 Å². The van der Waals surface area contributed by atoms with E-state index in [9.17, 15) is 0 Å². The number of rotatable bonds is 5. The van der Waals surface area contributed by atoms with Crippen LogP contribution in [0.4, 0.5) is 0 Å². The fraction of sp³-hybridized carbons (Fsp3) is 0.500. The van der Waals surface area contributed by atoms with E-state index in [-0.39, 0.29) is 6.10 Å². The van der Waals surface area contributed by atoms with E-state index >= 15 is 0 Å². The van der Waals surface area contributed by atoms with Crippen molar-refractivity contribution in [2.24, 2.45) is 0 Å². The monoisotopic (exact) mass is 261 g/mol. The molecule has 3 nitrogen and oxygen atoms in total. The Kier molecular flexibility index (Phi) is 4.48. The lowest BCUT2D eigenvalue weighted by atomic mass is 10.0. The summed E-state index contributed by atoms with van der Waals surface area (Å²) in [5.41, 5.74) is 3.61. The number of benzene rings is 1. The summed E-state index contributed by atoms with van der Waals surface area (Å²) in [6.07, 6.45) is 3.39. The summed E-state index contributed by atoms with van der Waals surface area (Å²) in [5, 5.41) is 3.32. The van der Waals surface area contributed by atoms with Gasteiger partial charge in [-0.05, 0) is 32.5 Å². The Hall–Kier alpha value is -1.48. The van der Waals surface area contributed by atoms with E-state index in [0.717, 1.165) is 36.6 Å². The molecule has 1 aliphatic rings. The summed E-state index contributed by atoms with van der Waals surface area (Å²) in [6.45, 7) is 8.21. The van der Waals surface area contributed by atoms with Crippen LogP contribution in [0.1, 0.15) is 31.9 Å². The Bertz CT molecular complexity index is 480. The zero-order valence-electron chi connectivity index (χ0n) is 12.2. The van der Waals surface area contributed by atoms with Gasteiger partial charge in [0.1, 0.15) is 17.6 Å². The van der Waals surface area contributed by atoms with Crippen LogP contribution >= 0.6 is 0 Å². The molecule has 1 aliphatic heterocycles. The minimum Gasteiger partial charge on any atom is -0.496 e. The van der Waals surface area contributed by atoms with Gasteiger partial charge in [0.2, 0.25) is 0 Å². The van der Waals surface area contributed by atoms with Crippen molar-refractivity contribution < 1.29 is 9.47 Å². The van der Waals surface area contributed by atoms with E-state index in [0.29, 0.717) is 0 Å². The molecule has 1 aromatic rings. The van der Waals surface area contributed by atoms with Crippen LogP contribution in [0.3, 0.4) is 0 Å². The van der Waals surface area contributed by atoms with Crippen LogP contribution in [-0.2, 0) is 6.42 Å². The quantitative estimate of drug-likeness (QED) is 0.883. The van der Waals surface area contributed by atoms with Gasteiger partial charge < -0.3 is 14.8 Å². The number of ether oxygens (including phenoxy) is 2. The van der Waals surface area contributed by atoms with Crippen molar-refractivity contribution in [3.05, 3.63) is 28.8 Å². The molecule has 1 aromatic carbocycles. The summed E-state index contributed by atoms with van der Waals surface area (Å²) < 4.78 is 11.3. The molecule has 0 amide bonds. The Labute approximate surface area is 115 Å². The predicted octanol–water partition coefficient (Wildman–Crippen LogP) is 3.03. The fourth-order valence-corrected chi connectivity index (χ4v) is 2.38. The maximum atomic E-state index is 5.81. The molecular weight excluding hydrogens is 238 g/mol. The number of hydrogen-bond acceptors (Lipinski definition) is 3. The van der Waals surface area contributed by atoms with Crippen LogP contribution in [0, 0.1) is 0 Å². The molecule has 0 saturated heterocycles. The lowest BCUT2D eigenvalue weighted by molar-refractivity contribution is 0.254. The summed E-state index contributed by atoms with van der Waals surface area (Å²) in [6, 6.07) is 4.19. The van der Waals surface area contributed by atoms with Gasteiger partial charge >= 0.3 is 0 Å². The lowest BCUT2D eigenvalue weighted by Crippen LogP contribution is -2.14. The molecule has 19 heavy (non-hydrogen) atoms. The number of nitrogens with one attached hydrogen (secondary N) is 1. The van der Waals surface area contributed by atoms with Gasteiger partial charge in [-0.3, -0.25) is 0 Å². The van der Waals surface area contributed by atoms with Gasteiger partial charge in [-0.15, -0.1) is 0 Å². The first-order valence-electron chi connectivity index (χ1n) is 6.89. The van der Waals surface area contributed by atoms with Crippen LogP contribution in [-0.4, -0.2) is 26.3 Å². The van der Waals surface area contributed by atoms with Gasteiger partial charge in [0.05, 0.1) is 7.11 Å². The number of hydrogen-bond donors (Lipinski definition) is 1. The van der Waals surface area contributed by atoms with Crippen LogP contribution in [0.2, 0.25) is 0 Å². The third-order valence-corrected chi connectivity index (χ3v) is 3.30. The van der Waals surface area contributed by atoms with E-state index in [2.05, 4.69) is 44.3 Å². The van der Waals surface area contributed by atoms with E-state index in [1.807, 2.05) is 0 Å². The molecule has 1 atom stereocenters. The topological polar surface area (TPSA) is 30.5 Å². The van der Waals surface area contributed by atoms with Gasteiger partial charge in [0.25, 0.3) is 0 Å². The molecule has 0 bridgehead atoms. The summed E-state index contributed by atoms with van der Waals surface area (Å²) in [7, 11) is 1.72. The molecule has 0 spiro atoms. The second kappa shape index (κ2) is 6.11. The third kappa shape index (κ3) is 3.29. The first kappa shape index (κ1) is 13.9. The SMILES string of the molecule is CCNC/C(C)=C/c1cc2c(cc1OC)CC(C)O2.